The van der Waals surface area contributed by atoms with Gasteiger partial charge in [0.15, 0.2) is 6.29 Å². The molecule has 0 atom stereocenters. The number of nitrogens with two attached hydrogens (primary N) is 1. The van der Waals surface area contributed by atoms with Gasteiger partial charge in [-0.25, -0.2) is 13.8 Å². The zero-order chi connectivity index (χ0) is 10.7. The molecule has 3 nitrogen and oxygen atoms in total. The molecule has 0 amide bonds. The third-order valence-corrected chi connectivity index (χ3v) is 1.95. The fourth-order valence-electron chi connectivity index (χ4n) is 1.27. The fraction of sp³-hybridized carbons (Fsp3) is 0.333. The van der Waals surface area contributed by atoms with E-state index in [4.69, 9.17) is 5.73 Å². The van der Waals surface area contributed by atoms with Crippen LogP contribution in [0.3, 0.4) is 0 Å². The Morgan fingerprint density at radius 1 is 1.64 bits per heavy atom. The van der Waals surface area contributed by atoms with E-state index in [-0.39, 0.29) is 17.8 Å². The number of hydrogen-bond acceptors (Lipinski definition) is 3. The minimum atomic E-state index is -2.63. The first-order chi connectivity index (χ1) is 6.60. The lowest BCUT2D eigenvalue weighted by Gasteiger charge is -2.09. The van der Waals surface area contributed by atoms with E-state index >= 15 is 0 Å². The van der Waals surface area contributed by atoms with Gasteiger partial charge in [-0.3, -0.25) is 4.79 Å². The molecule has 14 heavy (non-hydrogen) atoms. The molecule has 0 aliphatic rings. The molecule has 0 spiro atoms. The third-order valence-electron chi connectivity index (χ3n) is 1.95. The molecule has 1 heterocycles. The number of alkyl halides is 2. The van der Waals surface area contributed by atoms with Crippen molar-refractivity contribution in [3.63, 3.8) is 0 Å². The fourth-order valence-corrected chi connectivity index (χ4v) is 1.27. The van der Waals surface area contributed by atoms with E-state index in [1.807, 2.05) is 0 Å². The predicted molar refractivity (Wildman–Crippen MR) is 47.2 cm³/mol. The van der Waals surface area contributed by atoms with Gasteiger partial charge in [-0.2, -0.15) is 0 Å². The second kappa shape index (κ2) is 4.23. The average Bonchev–Trinajstić information content (AvgIpc) is 2.16. The van der Waals surface area contributed by atoms with Crippen LogP contribution in [0, 0.1) is 6.92 Å². The zero-order valence-electron chi connectivity index (χ0n) is 7.63. The molecule has 1 rings (SSSR count). The summed E-state index contributed by atoms with van der Waals surface area (Å²) in [6.07, 6.45) is -2.19. The maximum absolute atomic E-state index is 12.5. The summed E-state index contributed by atoms with van der Waals surface area (Å²) in [6, 6.07) is 1.08. The molecular formula is C9H10F2N2O. The molecule has 0 aliphatic heterocycles. The smallest absolute Gasteiger partial charge is 0.264 e. The summed E-state index contributed by atoms with van der Waals surface area (Å²) >= 11 is 0. The van der Waals surface area contributed by atoms with Gasteiger partial charge in [-0.1, -0.05) is 0 Å². The molecule has 0 fully saturated rings. The number of halogens is 2. The number of rotatable bonds is 3. The first-order valence-corrected chi connectivity index (χ1v) is 4.04. The Morgan fingerprint density at radius 3 is 2.71 bits per heavy atom. The van der Waals surface area contributed by atoms with Gasteiger partial charge in [0.05, 0.1) is 0 Å². The lowest BCUT2D eigenvalue weighted by Crippen LogP contribution is -2.08. The number of aryl methyl sites for hydroxylation is 1. The molecule has 0 unspecified atom stereocenters. The molecular weight excluding hydrogens is 190 g/mol. The van der Waals surface area contributed by atoms with E-state index in [9.17, 15) is 13.6 Å². The van der Waals surface area contributed by atoms with E-state index < -0.39 is 6.43 Å². The molecule has 0 aliphatic carbocycles. The van der Waals surface area contributed by atoms with Crippen molar-refractivity contribution in [3.05, 3.63) is 28.6 Å². The number of pyridine rings is 1. The van der Waals surface area contributed by atoms with Crippen LogP contribution in [0.1, 0.15) is 33.7 Å². The third kappa shape index (κ3) is 1.93. The number of nitrogens with zero attached hydrogens (tertiary/aromatic N) is 1. The summed E-state index contributed by atoms with van der Waals surface area (Å²) in [4.78, 5) is 14.2. The van der Waals surface area contributed by atoms with Crippen molar-refractivity contribution in [1.82, 2.24) is 4.98 Å². The Balaban J connectivity index is 3.35. The van der Waals surface area contributed by atoms with E-state index in [0.717, 1.165) is 6.07 Å². The second-order valence-corrected chi connectivity index (χ2v) is 2.82. The molecule has 0 bridgehead atoms. The summed E-state index contributed by atoms with van der Waals surface area (Å²) in [5.74, 6) is 0. The van der Waals surface area contributed by atoms with Crippen molar-refractivity contribution in [2.75, 3.05) is 0 Å². The van der Waals surface area contributed by atoms with Crippen LogP contribution in [-0.4, -0.2) is 11.3 Å². The van der Waals surface area contributed by atoms with Gasteiger partial charge in [0, 0.05) is 17.8 Å². The number of aldehydes is 1. The van der Waals surface area contributed by atoms with Crippen LogP contribution in [0.15, 0.2) is 6.07 Å². The largest absolute Gasteiger partial charge is 0.326 e. The van der Waals surface area contributed by atoms with E-state index in [1.54, 1.807) is 6.92 Å². The summed E-state index contributed by atoms with van der Waals surface area (Å²) < 4.78 is 25.0. The molecule has 0 radical (unpaired) electrons. The first-order valence-electron chi connectivity index (χ1n) is 4.04. The summed E-state index contributed by atoms with van der Waals surface area (Å²) in [5.41, 5.74) is 5.81. The topological polar surface area (TPSA) is 56.0 Å². The Hall–Kier alpha value is -1.36. The number of aromatic nitrogens is 1. The minimum Gasteiger partial charge on any atom is -0.326 e. The lowest BCUT2D eigenvalue weighted by molar-refractivity contribution is 0.111. The minimum absolute atomic E-state index is 0.00234. The summed E-state index contributed by atoms with van der Waals surface area (Å²) in [7, 11) is 0. The Kier molecular flexibility index (Phi) is 3.24. The van der Waals surface area contributed by atoms with Crippen LogP contribution in [0.2, 0.25) is 0 Å². The van der Waals surface area contributed by atoms with Crippen LogP contribution in [0.5, 0.6) is 0 Å². The zero-order valence-corrected chi connectivity index (χ0v) is 7.63. The van der Waals surface area contributed by atoms with Gasteiger partial charge in [0.25, 0.3) is 6.43 Å². The first kappa shape index (κ1) is 10.7. The van der Waals surface area contributed by atoms with Crippen molar-refractivity contribution >= 4 is 6.29 Å². The highest BCUT2D eigenvalue weighted by Crippen LogP contribution is 2.24. The van der Waals surface area contributed by atoms with Crippen molar-refractivity contribution in [2.24, 2.45) is 5.73 Å². The van der Waals surface area contributed by atoms with Crippen LogP contribution in [0.25, 0.3) is 0 Å². The van der Waals surface area contributed by atoms with Crippen molar-refractivity contribution in [2.45, 2.75) is 19.9 Å². The van der Waals surface area contributed by atoms with E-state index in [2.05, 4.69) is 4.98 Å². The SMILES string of the molecule is Cc1nc(C=O)cc(C(F)F)c1CN. The summed E-state index contributed by atoms with van der Waals surface area (Å²) in [5, 5.41) is 0. The number of hydrogen-bond donors (Lipinski definition) is 1. The highest BCUT2D eigenvalue weighted by atomic mass is 19.3. The van der Waals surface area contributed by atoms with Crippen LogP contribution in [-0.2, 0) is 6.54 Å². The highest BCUT2D eigenvalue weighted by Gasteiger charge is 2.15. The molecule has 0 saturated carbocycles. The van der Waals surface area contributed by atoms with Gasteiger partial charge < -0.3 is 5.73 Å². The normalized spacial score (nSPS) is 10.6. The second-order valence-electron chi connectivity index (χ2n) is 2.82. The Bertz CT molecular complexity index is 353. The van der Waals surface area contributed by atoms with Gasteiger partial charge in [0.2, 0.25) is 0 Å². The molecule has 2 N–H and O–H groups in total. The van der Waals surface area contributed by atoms with Crippen molar-refractivity contribution in [1.29, 1.82) is 0 Å². The quantitative estimate of drug-likeness (QED) is 0.754. The Labute approximate surface area is 79.9 Å². The average molecular weight is 200 g/mol. The molecule has 0 aromatic carbocycles. The number of carbonyl (C=O) groups excluding carboxylic acids is 1. The molecule has 1 aromatic rings. The monoisotopic (exact) mass is 200 g/mol. The lowest BCUT2D eigenvalue weighted by atomic mass is 10.1. The molecule has 5 heteroatoms. The van der Waals surface area contributed by atoms with Crippen molar-refractivity contribution < 1.29 is 13.6 Å². The van der Waals surface area contributed by atoms with Gasteiger partial charge in [-0.15, -0.1) is 0 Å². The standard InChI is InChI=1S/C9H10F2N2O/c1-5-8(3-12)7(9(10)11)2-6(4-14)13-5/h2,4,9H,3,12H2,1H3. The van der Waals surface area contributed by atoms with Gasteiger partial charge in [0.1, 0.15) is 5.69 Å². The van der Waals surface area contributed by atoms with Crippen molar-refractivity contribution in [3.8, 4) is 0 Å². The van der Waals surface area contributed by atoms with Gasteiger partial charge >= 0.3 is 0 Å². The predicted octanol–water partition coefficient (Wildman–Crippen LogP) is 1.60. The van der Waals surface area contributed by atoms with E-state index in [1.165, 1.54) is 0 Å². The van der Waals surface area contributed by atoms with E-state index in [0.29, 0.717) is 17.5 Å². The molecule has 1 aromatic heterocycles. The van der Waals surface area contributed by atoms with Crippen LogP contribution < -0.4 is 5.73 Å². The highest BCUT2D eigenvalue weighted by molar-refractivity contribution is 5.72. The summed E-state index contributed by atoms with van der Waals surface area (Å²) in [6.45, 7) is 1.55. The van der Waals surface area contributed by atoms with Gasteiger partial charge in [-0.05, 0) is 18.6 Å². The maximum Gasteiger partial charge on any atom is 0.264 e. The number of carbonyl (C=O) groups is 1. The molecule has 0 saturated heterocycles. The molecule has 76 valence electrons. The maximum atomic E-state index is 12.5. The Morgan fingerprint density at radius 2 is 2.29 bits per heavy atom. The van der Waals surface area contributed by atoms with Crippen LogP contribution >= 0.6 is 0 Å². The van der Waals surface area contributed by atoms with Crippen LogP contribution in [0.4, 0.5) is 8.78 Å².